The van der Waals surface area contributed by atoms with Gasteiger partial charge in [0.2, 0.25) is 0 Å². The molecule has 0 aromatic heterocycles. The fourth-order valence-electron chi connectivity index (χ4n) is 1.36. The van der Waals surface area contributed by atoms with Gasteiger partial charge in [0.1, 0.15) is 5.69 Å². The van der Waals surface area contributed by atoms with Crippen LogP contribution in [-0.4, -0.2) is 0 Å². The number of benzene rings is 2. The molecule has 5 nitrogen and oxygen atoms in total. The van der Waals surface area contributed by atoms with Gasteiger partial charge in [0.05, 0.1) is 11.4 Å². The molecule has 0 bridgehead atoms. The molecule has 0 saturated carbocycles. The fourth-order valence-corrected chi connectivity index (χ4v) is 1.36. The molecular weight excluding hydrogens is 214 g/mol. The minimum absolute atomic E-state index is 0.498. The Morgan fingerprint density at radius 1 is 0.765 bits per heavy atom. The van der Waals surface area contributed by atoms with Crippen LogP contribution in [0.1, 0.15) is 0 Å². The summed E-state index contributed by atoms with van der Waals surface area (Å²) in [4.78, 5) is 0. The van der Waals surface area contributed by atoms with E-state index in [9.17, 15) is 0 Å². The summed E-state index contributed by atoms with van der Waals surface area (Å²) in [6.45, 7) is 0. The third kappa shape index (κ3) is 2.72. The molecule has 5 heteroatoms. The van der Waals surface area contributed by atoms with E-state index in [4.69, 9.17) is 17.2 Å². The zero-order valence-electron chi connectivity index (χ0n) is 9.17. The van der Waals surface area contributed by atoms with Gasteiger partial charge in [-0.3, -0.25) is 0 Å². The molecular formula is C12H13N5. The smallest absolute Gasteiger partial charge is 0.109 e. The highest BCUT2D eigenvalue weighted by Gasteiger charge is 1.97. The first-order valence-electron chi connectivity index (χ1n) is 5.07. The van der Waals surface area contributed by atoms with Gasteiger partial charge in [-0.2, -0.15) is 5.11 Å². The van der Waals surface area contributed by atoms with Crippen LogP contribution < -0.4 is 17.2 Å². The summed E-state index contributed by atoms with van der Waals surface area (Å²) in [5, 5.41) is 8.10. The number of nitrogen functional groups attached to an aromatic ring is 3. The molecule has 0 heterocycles. The molecule has 0 aliphatic rings. The van der Waals surface area contributed by atoms with Crippen molar-refractivity contribution in [1.82, 2.24) is 0 Å². The number of hydrogen-bond acceptors (Lipinski definition) is 5. The first-order valence-corrected chi connectivity index (χ1v) is 5.07. The molecule has 86 valence electrons. The Morgan fingerprint density at radius 2 is 1.53 bits per heavy atom. The van der Waals surface area contributed by atoms with Crippen LogP contribution >= 0.6 is 0 Å². The van der Waals surface area contributed by atoms with Crippen LogP contribution in [0.25, 0.3) is 0 Å². The molecule has 0 aliphatic heterocycles. The largest absolute Gasteiger partial charge is 0.399 e. The lowest BCUT2D eigenvalue weighted by molar-refractivity contribution is 1.23. The van der Waals surface area contributed by atoms with E-state index in [0.29, 0.717) is 28.4 Å². The summed E-state index contributed by atoms with van der Waals surface area (Å²) < 4.78 is 0. The first-order chi connectivity index (χ1) is 8.15. The molecule has 2 rings (SSSR count). The molecule has 2 aromatic carbocycles. The summed E-state index contributed by atoms with van der Waals surface area (Å²) in [6.07, 6.45) is 0. The molecule has 0 aliphatic carbocycles. The van der Waals surface area contributed by atoms with Gasteiger partial charge in [0.25, 0.3) is 0 Å². The average molecular weight is 227 g/mol. The van der Waals surface area contributed by atoms with Gasteiger partial charge in [-0.15, -0.1) is 5.11 Å². The second kappa shape index (κ2) is 4.52. The van der Waals surface area contributed by atoms with Crippen LogP contribution in [0.3, 0.4) is 0 Å². The van der Waals surface area contributed by atoms with Crippen LogP contribution in [0.15, 0.2) is 52.7 Å². The molecule has 0 saturated heterocycles. The highest BCUT2D eigenvalue weighted by Crippen LogP contribution is 2.26. The van der Waals surface area contributed by atoms with E-state index in [1.165, 1.54) is 0 Å². The van der Waals surface area contributed by atoms with Crippen molar-refractivity contribution in [2.75, 3.05) is 17.2 Å². The van der Waals surface area contributed by atoms with E-state index >= 15 is 0 Å². The van der Waals surface area contributed by atoms with Crippen LogP contribution in [0.5, 0.6) is 0 Å². The fraction of sp³-hybridized carbons (Fsp3) is 0. The molecule has 6 N–H and O–H groups in total. The Labute approximate surface area is 99.0 Å². The highest BCUT2D eigenvalue weighted by atomic mass is 15.1. The molecule has 0 atom stereocenters. The predicted octanol–water partition coefficient (Wildman–Crippen LogP) is 2.85. The Hall–Kier alpha value is -2.56. The Morgan fingerprint density at radius 3 is 2.24 bits per heavy atom. The molecule has 17 heavy (non-hydrogen) atoms. The third-order valence-corrected chi connectivity index (χ3v) is 2.20. The van der Waals surface area contributed by atoms with E-state index in [2.05, 4.69) is 10.2 Å². The van der Waals surface area contributed by atoms with E-state index in [1.54, 1.807) is 30.3 Å². The number of nitrogens with zero attached hydrogens (tertiary/aromatic N) is 2. The first kappa shape index (κ1) is 10.9. The third-order valence-electron chi connectivity index (χ3n) is 2.20. The van der Waals surface area contributed by atoms with Gasteiger partial charge < -0.3 is 17.2 Å². The normalized spacial score (nSPS) is 10.8. The molecule has 0 spiro atoms. The molecule has 0 radical (unpaired) electrons. The van der Waals surface area contributed by atoms with Crippen LogP contribution in [-0.2, 0) is 0 Å². The number of anilines is 3. The standard InChI is InChI=1S/C12H13N5/c13-8-2-1-3-10(6-8)16-17-12-5-4-9(14)7-11(12)15/h1-7H,13-15H2. The zero-order valence-corrected chi connectivity index (χ0v) is 9.17. The number of azo groups is 1. The van der Waals surface area contributed by atoms with E-state index < -0.39 is 0 Å². The van der Waals surface area contributed by atoms with Crippen molar-refractivity contribution < 1.29 is 0 Å². The van der Waals surface area contributed by atoms with Crippen molar-refractivity contribution in [2.45, 2.75) is 0 Å². The van der Waals surface area contributed by atoms with Crippen molar-refractivity contribution in [1.29, 1.82) is 0 Å². The quantitative estimate of drug-likeness (QED) is 0.542. The van der Waals surface area contributed by atoms with E-state index in [0.717, 1.165) is 0 Å². The van der Waals surface area contributed by atoms with E-state index in [-0.39, 0.29) is 0 Å². The highest BCUT2D eigenvalue weighted by molar-refractivity contribution is 5.67. The minimum atomic E-state index is 0.498. The second-order valence-corrected chi connectivity index (χ2v) is 3.61. The average Bonchev–Trinajstić information content (AvgIpc) is 2.28. The van der Waals surface area contributed by atoms with Gasteiger partial charge >= 0.3 is 0 Å². The van der Waals surface area contributed by atoms with Crippen LogP contribution in [0.2, 0.25) is 0 Å². The Balaban J connectivity index is 2.26. The van der Waals surface area contributed by atoms with E-state index in [1.807, 2.05) is 12.1 Å². The number of rotatable bonds is 2. The lowest BCUT2D eigenvalue weighted by atomic mass is 10.2. The Kier molecular flexibility index (Phi) is 2.91. The van der Waals surface area contributed by atoms with Crippen LogP contribution in [0, 0.1) is 0 Å². The predicted molar refractivity (Wildman–Crippen MR) is 70.3 cm³/mol. The van der Waals surface area contributed by atoms with Crippen molar-refractivity contribution in [3.8, 4) is 0 Å². The minimum Gasteiger partial charge on any atom is -0.399 e. The van der Waals surface area contributed by atoms with Gasteiger partial charge in [-0.1, -0.05) is 6.07 Å². The number of hydrogen-bond donors (Lipinski definition) is 3. The second-order valence-electron chi connectivity index (χ2n) is 3.61. The van der Waals surface area contributed by atoms with Gasteiger partial charge in [0, 0.05) is 11.4 Å². The SMILES string of the molecule is Nc1cccc(N=Nc2ccc(N)cc2N)c1. The monoisotopic (exact) mass is 227 g/mol. The topological polar surface area (TPSA) is 103 Å². The van der Waals surface area contributed by atoms with Crippen LogP contribution in [0.4, 0.5) is 28.4 Å². The van der Waals surface area contributed by atoms with Gasteiger partial charge in [-0.05, 0) is 36.4 Å². The maximum Gasteiger partial charge on any atom is 0.109 e. The van der Waals surface area contributed by atoms with Crippen molar-refractivity contribution in [3.05, 3.63) is 42.5 Å². The molecule has 0 unspecified atom stereocenters. The number of nitrogens with two attached hydrogens (primary N) is 3. The molecule has 0 fully saturated rings. The Bertz CT molecular complexity index is 563. The maximum atomic E-state index is 5.76. The summed E-state index contributed by atoms with van der Waals surface area (Å²) in [6, 6.07) is 12.2. The lowest BCUT2D eigenvalue weighted by Crippen LogP contribution is -1.89. The summed E-state index contributed by atoms with van der Waals surface area (Å²) >= 11 is 0. The summed E-state index contributed by atoms with van der Waals surface area (Å²) in [7, 11) is 0. The van der Waals surface area contributed by atoms with Gasteiger partial charge in [0.15, 0.2) is 0 Å². The molecule has 2 aromatic rings. The summed E-state index contributed by atoms with van der Waals surface area (Å²) in [5.41, 5.74) is 20.0. The zero-order chi connectivity index (χ0) is 12.3. The molecule has 0 amide bonds. The summed E-state index contributed by atoms with van der Waals surface area (Å²) in [5.74, 6) is 0. The maximum absolute atomic E-state index is 5.76. The van der Waals surface area contributed by atoms with Gasteiger partial charge in [-0.25, -0.2) is 0 Å². The van der Waals surface area contributed by atoms with Crippen molar-refractivity contribution >= 4 is 28.4 Å². The van der Waals surface area contributed by atoms with Crippen molar-refractivity contribution in [3.63, 3.8) is 0 Å². The lowest BCUT2D eigenvalue weighted by Gasteiger charge is -2.00. The van der Waals surface area contributed by atoms with Crippen molar-refractivity contribution in [2.24, 2.45) is 10.2 Å².